The van der Waals surface area contributed by atoms with E-state index in [0.29, 0.717) is 11.5 Å². The van der Waals surface area contributed by atoms with E-state index in [2.05, 4.69) is 32.2 Å². The molecular formula is C16H21N5O. The summed E-state index contributed by atoms with van der Waals surface area (Å²) < 4.78 is 0. The Balaban J connectivity index is 1.56. The third-order valence-electron chi connectivity index (χ3n) is 5.06. The molecule has 5 heterocycles. The number of nitrogens with zero attached hydrogens (tertiary/aromatic N) is 4. The highest BCUT2D eigenvalue weighted by atomic mass is 16.2. The molecule has 4 aliphatic rings. The lowest BCUT2D eigenvalue weighted by molar-refractivity contribution is 0.0948. The van der Waals surface area contributed by atoms with Crippen molar-refractivity contribution in [2.45, 2.75) is 6.92 Å². The van der Waals surface area contributed by atoms with Gasteiger partial charge in [-0.2, -0.15) is 5.10 Å². The quantitative estimate of drug-likeness (QED) is 0.805. The van der Waals surface area contributed by atoms with E-state index in [0.717, 1.165) is 39.3 Å². The Morgan fingerprint density at radius 3 is 2.50 bits per heavy atom. The van der Waals surface area contributed by atoms with Crippen molar-refractivity contribution < 1.29 is 4.79 Å². The van der Waals surface area contributed by atoms with E-state index >= 15 is 0 Å². The van der Waals surface area contributed by atoms with E-state index in [-0.39, 0.29) is 11.3 Å². The number of hydrogen-bond acceptors (Lipinski definition) is 5. The molecule has 4 fully saturated rings. The van der Waals surface area contributed by atoms with Gasteiger partial charge in [0, 0.05) is 68.6 Å². The van der Waals surface area contributed by atoms with E-state index in [1.165, 1.54) is 5.71 Å². The second-order valence-corrected chi connectivity index (χ2v) is 6.90. The van der Waals surface area contributed by atoms with Crippen LogP contribution in [0.25, 0.3) is 0 Å². The summed E-state index contributed by atoms with van der Waals surface area (Å²) in [6, 6.07) is 3.41. The van der Waals surface area contributed by atoms with Crippen LogP contribution in [0.4, 0.5) is 0 Å². The van der Waals surface area contributed by atoms with Crippen molar-refractivity contribution in [3.8, 4) is 0 Å². The van der Waals surface area contributed by atoms with Gasteiger partial charge in [0.1, 0.15) is 0 Å². The van der Waals surface area contributed by atoms with E-state index in [4.69, 9.17) is 0 Å². The highest BCUT2D eigenvalue weighted by molar-refractivity contribution is 5.98. The molecule has 116 valence electrons. The molecule has 1 aromatic rings. The minimum Gasteiger partial charge on any atom is -0.300 e. The molecule has 1 aromatic heterocycles. The van der Waals surface area contributed by atoms with Gasteiger partial charge in [-0.25, -0.2) is 5.43 Å². The zero-order valence-corrected chi connectivity index (χ0v) is 12.8. The number of piperidine rings is 2. The summed E-state index contributed by atoms with van der Waals surface area (Å²) in [5.41, 5.74) is 4.58. The second kappa shape index (κ2) is 5.14. The predicted octanol–water partition coefficient (Wildman–Crippen LogP) is 0.435. The molecule has 6 heteroatoms. The average Bonchev–Trinajstić information content (AvgIpc) is 2.74. The summed E-state index contributed by atoms with van der Waals surface area (Å²) in [4.78, 5) is 21.2. The maximum atomic E-state index is 12.2. The third kappa shape index (κ3) is 2.32. The van der Waals surface area contributed by atoms with Crippen LogP contribution in [0.5, 0.6) is 0 Å². The molecule has 6 nitrogen and oxygen atoms in total. The highest BCUT2D eigenvalue weighted by Gasteiger charge is 2.49. The van der Waals surface area contributed by atoms with Crippen LogP contribution in [0.2, 0.25) is 0 Å². The first-order valence-corrected chi connectivity index (χ1v) is 7.87. The molecule has 4 bridgehead atoms. The summed E-state index contributed by atoms with van der Waals surface area (Å²) >= 11 is 0. The fourth-order valence-corrected chi connectivity index (χ4v) is 4.20. The number of pyridine rings is 1. The minimum atomic E-state index is -0.161. The van der Waals surface area contributed by atoms with Crippen LogP contribution < -0.4 is 5.43 Å². The molecule has 1 N–H and O–H groups in total. The molecule has 0 aromatic carbocycles. The van der Waals surface area contributed by atoms with Crippen molar-refractivity contribution in [3.63, 3.8) is 0 Å². The van der Waals surface area contributed by atoms with Crippen molar-refractivity contribution in [3.05, 3.63) is 30.1 Å². The highest BCUT2D eigenvalue weighted by Crippen LogP contribution is 2.37. The Labute approximate surface area is 130 Å². The van der Waals surface area contributed by atoms with Gasteiger partial charge in [-0.05, 0) is 12.1 Å². The SMILES string of the molecule is CC12CN3CCN(CC(C3)/C1=N/NC(=O)c1ccncc1)C2. The maximum Gasteiger partial charge on any atom is 0.271 e. The van der Waals surface area contributed by atoms with Crippen LogP contribution in [0.3, 0.4) is 0 Å². The van der Waals surface area contributed by atoms with Crippen LogP contribution in [0.15, 0.2) is 29.6 Å². The summed E-state index contributed by atoms with van der Waals surface area (Å²) in [7, 11) is 0. The number of amides is 1. The third-order valence-corrected chi connectivity index (χ3v) is 5.06. The lowest BCUT2D eigenvalue weighted by Gasteiger charge is -2.48. The van der Waals surface area contributed by atoms with Crippen LogP contribution in [0, 0.1) is 11.3 Å². The van der Waals surface area contributed by atoms with Crippen molar-refractivity contribution in [1.29, 1.82) is 0 Å². The van der Waals surface area contributed by atoms with Gasteiger partial charge < -0.3 is 9.80 Å². The molecule has 2 unspecified atom stereocenters. The molecule has 0 saturated carbocycles. The van der Waals surface area contributed by atoms with Crippen LogP contribution in [0.1, 0.15) is 17.3 Å². The lowest BCUT2D eigenvalue weighted by atomic mass is 9.72. The number of hydrogen-bond donors (Lipinski definition) is 1. The zero-order chi connectivity index (χ0) is 15.2. The zero-order valence-electron chi connectivity index (χ0n) is 12.8. The molecule has 0 aliphatic carbocycles. The minimum absolute atomic E-state index is 0.0587. The molecule has 5 rings (SSSR count). The smallest absolute Gasteiger partial charge is 0.271 e. The topological polar surface area (TPSA) is 60.8 Å². The second-order valence-electron chi connectivity index (χ2n) is 6.90. The monoisotopic (exact) mass is 299 g/mol. The van der Waals surface area contributed by atoms with Gasteiger partial charge >= 0.3 is 0 Å². The van der Waals surface area contributed by atoms with Gasteiger partial charge in [0.2, 0.25) is 0 Å². The number of hydrazone groups is 1. The molecule has 0 radical (unpaired) electrons. The summed E-state index contributed by atoms with van der Waals surface area (Å²) in [5, 5.41) is 4.56. The number of carbonyl (C=O) groups is 1. The van der Waals surface area contributed by atoms with E-state index < -0.39 is 0 Å². The largest absolute Gasteiger partial charge is 0.300 e. The number of fused-ring (bicyclic) bond motifs is 1. The normalized spacial score (nSPS) is 38.0. The van der Waals surface area contributed by atoms with Gasteiger partial charge in [-0.15, -0.1) is 0 Å². The Bertz CT molecular complexity index is 598. The van der Waals surface area contributed by atoms with Gasteiger partial charge in [0.15, 0.2) is 0 Å². The number of rotatable bonds is 2. The van der Waals surface area contributed by atoms with Gasteiger partial charge in [0.25, 0.3) is 5.91 Å². The standard InChI is InChI=1S/C16H21N5O/c1-16-10-20-6-7-21(11-16)9-13(8-20)14(16)18-19-15(22)12-2-4-17-5-3-12/h2-5,13H,6-11H2,1H3,(H,19,22)/b18-14-. The number of aromatic nitrogens is 1. The van der Waals surface area contributed by atoms with Gasteiger partial charge in [-0.1, -0.05) is 6.92 Å². The molecule has 2 atom stereocenters. The first-order valence-electron chi connectivity index (χ1n) is 7.87. The fourth-order valence-electron chi connectivity index (χ4n) is 4.20. The van der Waals surface area contributed by atoms with E-state index in [1.807, 2.05) is 0 Å². The molecule has 1 amide bonds. The summed E-state index contributed by atoms with van der Waals surface area (Å²) in [6.45, 7) is 8.81. The lowest BCUT2D eigenvalue weighted by Crippen LogP contribution is -2.60. The van der Waals surface area contributed by atoms with Crippen molar-refractivity contribution in [1.82, 2.24) is 20.2 Å². The Morgan fingerprint density at radius 1 is 1.27 bits per heavy atom. The summed E-state index contributed by atoms with van der Waals surface area (Å²) in [6.07, 6.45) is 3.24. The Kier molecular flexibility index (Phi) is 3.23. The first-order chi connectivity index (χ1) is 10.6. The van der Waals surface area contributed by atoms with Crippen molar-refractivity contribution in [2.24, 2.45) is 16.4 Å². The van der Waals surface area contributed by atoms with Gasteiger partial charge in [0.05, 0.1) is 5.71 Å². The number of nitrogens with one attached hydrogen (secondary N) is 1. The molecular weight excluding hydrogens is 278 g/mol. The molecule has 22 heavy (non-hydrogen) atoms. The number of carbonyl (C=O) groups excluding carboxylic acids is 1. The average molecular weight is 299 g/mol. The fraction of sp³-hybridized carbons (Fsp3) is 0.562. The molecule has 4 aliphatic heterocycles. The van der Waals surface area contributed by atoms with Crippen molar-refractivity contribution in [2.75, 3.05) is 39.3 Å². The van der Waals surface area contributed by atoms with Gasteiger partial charge in [-0.3, -0.25) is 9.78 Å². The predicted molar refractivity (Wildman–Crippen MR) is 83.6 cm³/mol. The van der Waals surface area contributed by atoms with Crippen LogP contribution >= 0.6 is 0 Å². The van der Waals surface area contributed by atoms with Crippen LogP contribution in [-0.4, -0.2) is 65.7 Å². The summed E-state index contributed by atoms with van der Waals surface area (Å²) in [5.74, 6) is 0.276. The maximum absolute atomic E-state index is 12.2. The first kappa shape index (κ1) is 13.8. The van der Waals surface area contributed by atoms with E-state index in [1.54, 1.807) is 24.5 Å². The molecule has 4 saturated heterocycles. The Hall–Kier alpha value is -1.79. The molecule has 0 spiro atoms. The Morgan fingerprint density at radius 2 is 1.91 bits per heavy atom. The van der Waals surface area contributed by atoms with Crippen molar-refractivity contribution >= 4 is 11.6 Å². The van der Waals surface area contributed by atoms with Crippen LogP contribution in [-0.2, 0) is 0 Å². The van der Waals surface area contributed by atoms with E-state index in [9.17, 15) is 4.79 Å².